The Kier molecular flexibility index (Phi) is 3.93. The van der Waals surface area contributed by atoms with Crippen molar-refractivity contribution >= 4 is 11.7 Å². The van der Waals surface area contributed by atoms with E-state index in [2.05, 4.69) is 9.72 Å². The van der Waals surface area contributed by atoms with Gasteiger partial charge in [-0.2, -0.15) is 0 Å². The fourth-order valence-corrected chi connectivity index (χ4v) is 1.50. The lowest BCUT2D eigenvalue weighted by atomic mass is 9.96. The molecule has 1 rings (SSSR count). The monoisotopic (exact) mass is 224 g/mol. The van der Waals surface area contributed by atoms with Crippen LogP contribution in [-0.2, 0) is 9.53 Å². The molecule has 0 spiro atoms. The predicted octanol–water partition coefficient (Wildman–Crippen LogP) is 1.66. The maximum atomic E-state index is 11.5. The summed E-state index contributed by atoms with van der Waals surface area (Å²) < 4.78 is 4.61. The Morgan fingerprint density at radius 3 is 2.88 bits per heavy atom. The van der Waals surface area contributed by atoms with E-state index in [1.54, 1.807) is 6.92 Å². The number of hydrogen-bond acceptors (Lipinski definition) is 5. The normalized spacial score (nSPS) is 11.9. The molecule has 0 amide bonds. The van der Waals surface area contributed by atoms with Crippen molar-refractivity contribution in [3.05, 3.63) is 34.1 Å². The zero-order valence-electron chi connectivity index (χ0n) is 9.04. The Hall–Kier alpha value is -1.98. The molecule has 1 aromatic heterocycles. The third kappa shape index (κ3) is 2.33. The second-order valence-electron chi connectivity index (χ2n) is 3.18. The lowest BCUT2D eigenvalue weighted by Crippen LogP contribution is -2.15. The van der Waals surface area contributed by atoms with Gasteiger partial charge in [-0.1, -0.05) is 6.92 Å². The van der Waals surface area contributed by atoms with E-state index in [1.807, 2.05) is 0 Å². The van der Waals surface area contributed by atoms with Crippen molar-refractivity contribution in [3.8, 4) is 0 Å². The standard InChI is InChI=1S/C10H12N2O4/c1-3-7(10(13)16-2)8-4-5-11-6-9(8)12(14)15/h4-7H,3H2,1-2H3. The van der Waals surface area contributed by atoms with Crippen LogP contribution in [-0.4, -0.2) is 23.0 Å². The number of rotatable bonds is 4. The molecular weight excluding hydrogens is 212 g/mol. The Bertz CT molecular complexity index is 406. The highest BCUT2D eigenvalue weighted by Crippen LogP contribution is 2.28. The molecule has 0 fully saturated rings. The lowest BCUT2D eigenvalue weighted by molar-refractivity contribution is -0.386. The summed E-state index contributed by atoms with van der Waals surface area (Å²) in [7, 11) is 1.26. The second-order valence-corrected chi connectivity index (χ2v) is 3.18. The van der Waals surface area contributed by atoms with Crippen LogP contribution in [0.1, 0.15) is 24.8 Å². The van der Waals surface area contributed by atoms with E-state index >= 15 is 0 Å². The number of esters is 1. The largest absolute Gasteiger partial charge is 0.469 e. The van der Waals surface area contributed by atoms with E-state index in [-0.39, 0.29) is 5.69 Å². The molecule has 0 aliphatic carbocycles. The van der Waals surface area contributed by atoms with E-state index in [0.717, 1.165) is 6.20 Å². The Morgan fingerprint density at radius 2 is 2.38 bits per heavy atom. The summed E-state index contributed by atoms with van der Waals surface area (Å²) in [6.07, 6.45) is 3.01. The van der Waals surface area contributed by atoms with E-state index in [4.69, 9.17) is 0 Å². The van der Waals surface area contributed by atoms with Crippen LogP contribution in [0.5, 0.6) is 0 Å². The van der Waals surface area contributed by atoms with Crippen molar-refractivity contribution in [3.63, 3.8) is 0 Å². The van der Waals surface area contributed by atoms with Crippen molar-refractivity contribution < 1.29 is 14.5 Å². The molecule has 0 bridgehead atoms. The van der Waals surface area contributed by atoms with Gasteiger partial charge in [0.2, 0.25) is 0 Å². The summed E-state index contributed by atoms with van der Waals surface area (Å²) in [5.74, 6) is -1.09. The van der Waals surface area contributed by atoms with Crippen LogP contribution in [0.4, 0.5) is 5.69 Å². The first kappa shape index (κ1) is 12.1. The number of pyridine rings is 1. The Morgan fingerprint density at radius 1 is 1.69 bits per heavy atom. The second kappa shape index (κ2) is 5.20. The third-order valence-corrected chi connectivity index (χ3v) is 2.30. The summed E-state index contributed by atoms with van der Waals surface area (Å²) in [4.78, 5) is 25.3. The number of carbonyl (C=O) groups excluding carboxylic acids is 1. The SMILES string of the molecule is CCC(C(=O)OC)c1ccncc1[N+](=O)[O-]. The summed E-state index contributed by atoms with van der Waals surface area (Å²) >= 11 is 0. The predicted molar refractivity (Wildman–Crippen MR) is 55.9 cm³/mol. The Labute approximate surface area is 92.4 Å². The molecule has 0 radical (unpaired) electrons. The van der Waals surface area contributed by atoms with Crippen LogP contribution in [0.2, 0.25) is 0 Å². The van der Waals surface area contributed by atoms with Crippen molar-refractivity contribution in [2.24, 2.45) is 0 Å². The van der Waals surface area contributed by atoms with Gasteiger partial charge in [-0.15, -0.1) is 0 Å². The first-order chi connectivity index (χ1) is 7.61. The number of nitro groups is 1. The molecule has 1 aromatic rings. The van der Waals surface area contributed by atoms with E-state index in [0.29, 0.717) is 12.0 Å². The minimum Gasteiger partial charge on any atom is -0.469 e. The van der Waals surface area contributed by atoms with E-state index in [9.17, 15) is 14.9 Å². The minimum atomic E-state index is -0.617. The van der Waals surface area contributed by atoms with Crippen LogP contribution < -0.4 is 0 Å². The van der Waals surface area contributed by atoms with Gasteiger partial charge in [0.05, 0.1) is 18.0 Å². The summed E-state index contributed by atoms with van der Waals surface area (Å²) in [6, 6.07) is 1.48. The van der Waals surface area contributed by atoms with Gasteiger partial charge < -0.3 is 4.74 Å². The zero-order valence-corrected chi connectivity index (χ0v) is 9.04. The topological polar surface area (TPSA) is 82.3 Å². The van der Waals surface area contributed by atoms with Gasteiger partial charge in [0, 0.05) is 11.8 Å². The van der Waals surface area contributed by atoms with Crippen molar-refractivity contribution in [1.82, 2.24) is 4.98 Å². The third-order valence-electron chi connectivity index (χ3n) is 2.30. The molecular formula is C10H12N2O4. The number of carbonyl (C=O) groups is 1. The van der Waals surface area contributed by atoms with Gasteiger partial charge in [0.15, 0.2) is 0 Å². The van der Waals surface area contributed by atoms with Crippen LogP contribution in [0.25, 0.3) is 0 Å². The highest BCUT2D eigenvalue weighted by atomic mass is 16.6. The molecule has 6 heteroatoms. The molecule has 0 saturated heterocycles. The fourth-order valence-electron chi connectivity index (χ4n) is 1.50. The van der Waals surface area contributed by atoms with E-state index in [1.165, 1.54) is 19.4 Å². The van der Waals surface area contributed by atoms with Crippen LogP contribution in [0.3, 0.4) is 0 Å². The van der Waals surface area contributed by atoms with Crippen molar-refractivity contribution in [1.29, 1.82) is 0 Å². The first-order valence-electron chi connectivity index (χ1n) is 4.78. The van der Waals surface area contributed by atoms with Gasteiger partial charge in [-0.05, 0) is 12.5 Å². The highest BCUT2D eigenvalue weighted by molar-refractivity contribution is 5.79. The molecule has 16 heavy (non-hydrogen) atoms. The summed E-state index contributed by atoms with van der Waals surface area (Å²) in [5.41, 5.74) is 0.189. The first-order valence-corrected chi connectivity index (χ1v) is 4.78. The molecule has 0 aliphatic rings. The van der Waals surface area contributed by atoms with Crippen LogP contribution in [0.15, 0.2) is 18.5 Å². The summed E-state index contributed by atoms with van der Waals surface area (Å²) in [6.45, 7) is 1.77. The number of ether oxygens (including phenoxy) is 1. The smallest absolute Gasteiger partial charge is 0.313 e. The molecule has 86 valence electrons. The lowest BCUT2D eigenvalue weighted by Gasteiger charge is -2.12. The number of hydrogen-bond donors (Lipinski definition) is 0. The average molecular weight is 224 g/mol. The van der Waals surface area contributed by atoms with Crippen molar-refractivity contribution in [2.45, 2.75) is 19.3 Å². The van der Waals surface area contributed by atoms with Gasteiger partial charge in [0.25, 0.3) is 5.69 Å². The van der Waals surface area contributed by atoms with Gasteiger partial charge >= 0.3 is 5.97 Å². The number of methoxy groups -OCH3 is 1. The molecule has 1 atom stereocenters. The molecule has 1 heterocycles. The molecule has 0 saturated carbocycles. The zero-order chi connectivity index (χ0) is 12.1. The minimum absolute atomic E-state index is 0.153. The molecule has 0 aromatic carbocycles. The van der Waals surface area contributed by atoms with Crippen molar-refractivity contribution in [2.75, 3.05) is 7.11 Å². The highest BCUT2D eigenvalue weighted by Gasteiger charge is 2.27. The molecule has 0 aliphatic heterocycles. The summed E-state index contributed by atoms with van der Waals surface area (Å²) in [5, 5.41) is 10.8. The Balaban J connectivity index is 3.19. The maximum absolute atomic E-state index is 11.5. The van der Waals surface area contributed by atoms with E-state index < -0.39 is 16.8 Å². The average Bonchev–Trinajstić information content (AvgIpc) is 2.30. The molecule has 1 unspecified atom stereocenters. The van der Waals surface area contributed by atoms with Gasteiger partial charge in [-0.25, -0.2) is 0 Å². The van der Waals surface area contributed by atoms with Crippen LogP contribution in [0, 0.1) is 10.1 Å². The fraction of sp³-hybridized carbons (Fsp3) is 0.400. The van der Waals surface area contributed by atoms with Gasteiger partial charge in [-0.3, -0.25) is 19.9 Å². The maximum Gasteiger partial charge on any atom is 0.313 e. The number of aromatic nitrogens is 1. The molecule has 0 N–H and O–H groups in total. The van der Waals surface area contributed by atoms with Crippen LogP contribution >= 0.6 is 0 Å². The molecule has 6 nitrogen and oxygen atoms in total. The number of nitrogens with zero attached hydrogens (tertiary/aromatic N) is 2. The quantitative estimate of drug-likeness (QED) is 0.441. The van der Waals surface area contributed by atoms with Gasteiger partial charge in [0.1, 0.15) is 6.20 Å².